The molecule has 21 heavy (non-hydrogen) atoms. The summed E-state index contributed by atoms with van der Waals surface area (Å²) in [7, 11) is -3.52. The van der Waals surface area contributed by atoms with Gasteiger partial charge in [0.1, 0.15) is 0 Å². The Hall–Kier alpha value is -0.620. The number of hydrogen-bond donors (Lipinski definition) is 2. The molecule has 4 atom stereocenters. The first-order chi connectivity index (χ1) is 10.0. The first kappa shape index (κ1) is 14.0. The first-order valence-electron chi connectivity index (χ1n) is 7.43. The van der Waals surface area contributed by atoms with Crippen molar-refractivity contribution < 1.29 is 13.5 Å². The van der Waals surface area contributed by atoms with Gasteiger partial charge in [0.15, 0.2) is 0 Å². The first-order valence-corrected chi connectivity index (χ1v) is 9.29. The summed E-state index contributed by atoms with van der Waals surface area (Å²) in [5, 5.41) is 9.38. The molecule has 0 spiro atoms. The van der Waals surface area contributed by atoms with E-state index in [-0.39, 0.29) is 22.6 Å². The van der Waals surface area contributed by atoms with Crippen molar-refractivity contribution in [1.82, 2.24) is 4.72 Å². The summed E-state index contributed by atoms with van der Waals surface area (Å²) >= 11 is 5.99. The average molecular weight is 328 g/mol. The Balaban J connectivity index is 1.54. The number of sulfonamides is 1. The molecule has 2 bridgehead atoms. The maximum absolute atomic E-state index is 12.5. The molecule has 6 heteroatoms. The smallest absolute Gasteiger partial charge is 0.240 e. The number of rotatable bonds is 4. The Morgan fingerprint density at radius 2 is 1.90 bits per heavy atom. The number of aliphatic hydroxyl groups is 1. The van der Waals surface area contributed by atoms with E-state index in [4.69, 9.17) is 16.7 Å². The van der Waals surface area contributed by atoms with Crippen molar-refractivity contribution in [2.24, 2.45) is 23.7 Å². The molecule has 0 aromatic heterocycles. The van der Waals surface area contributed by atoms with Gasteiger partial charge in [-0.15, -0.1) is 0 Å². The summed E-state index contributed by atoms with van der Waals surface area (Å²) < 4.78 is 27.8. The maximum Gasteiger partial charge on any atom is 0.240 e. The minimum atomic E-state index is -3.52. The van der Waals surface area contributed by atoms with Crippen LogP contribution >= 0.6 is 11.6 Å². The molecule has 114 valence electrons. The van der Waals surface area contributed by atoms with Crippen molar-refractivity contribution in [2.45, 2.75) is 36.8 Å². The molecule has 4 nitrogen and oxygen atoms in total. The van der Waals surface area contributed by atoms with E-state index in [9.17, 15) is 8.42 Å². The van der Waals surface area contributed by atoms with E-state index in [0.717, 1.165) is 11.8 Å². The molecular weight excluding hydrogens is 310 g/mol. The quantitative estimate of drug-likeness (QED) is 0.890. The molecule has 0 saturated heterocycles. The van der Waals surface area contributed by atoms with Crippen LogP contribution in [0.25, 0.3) is 0 Å². The molecule has 3 fully saturated rings. The summed E-state index contributed by atoms with van der Waals surface area (Å²) in [5.74, 6) is 2.58. The molecule has 4 unspecified atom stereocenters. The summed E-state index contributed by atoms with van der Waals surface area (Å²) in [6.45, 7) is -0.192. The van der Waals surface area contributed by atoms with Crippen molar-refractivity contribution in [1.29, 1.82) is 0 Å². The third-order valence-corrected chi connectivity index (χ3v) is 7.34. The van der Waals surface area contributed by atoms with Crippen LogP contribution in [0.15, 0.2) is 23.1 Å². The fourth-order valence-corrected chi connectivity index (χ4v) is 6.19. The number of fused-ring (bicyclic) bond motifs is 5. The Morgan fingerprint density at radius 1 is 1.24 bits per heavy atom. The van der Waals surface area contributed by atoms with Gasteiger partial charge in [0.25, 0.3) is 0 Å². The zero-order chi connectivity index (χ0) is 14.8. The highest BCUT2D eigenvalue weighted by Gasteiger charge is 2.65. The minimum Gasteiger partial charge on any atom is -0.392 e. The van der Waals surface area contributed by atoms with Gasteiger partial charge in [-0.1, -0.05) is 17.7 Å². The third-order valence-electron chi connectivity index (χ3n) is 5.53. The van der Waals surface area contributed by atoms with Crippen LogP contribution in [0.5, 0.6) is 0 Å². The van der Waals surface area contributed by atoms with Gasteiger partial charge in [-0.25, -0.2) is 13.1 Å². The molecular formula is C15H18ClNO3S. The molecule has 3 aliphatic carbocycles. The predicted molar refractivity (Wildman–Crippen MR) is 79.3 cm³/mol. The van der Waals surface area contributed by atoms with E-state index in [0.29, 0.717) is 17.4 Å². The Bertz CT molecular complexity index is 674. The lowest BCUT2D eigenvalue weighted by Gasteiger charge is -2.12. The Kier molecular flexibility index (Phi) is 3.12. The van der Waals surface area contributed by atoms with Crippen LogP contribution in [0, 0.1) is 23.7 Å². The standard InChI is InChI=1S/C15H18ClNO3S/c16-12-6-11(4-3-10(12)7-18)21(19,20)17-15-13-8-1-2-9(5-8)14(13)15/h3-4,6,8-9,13-15,17-18H,1-2,5,7H2. The number of benzene rings is 1. The van der Waals surface area contributed by atoms with Gasteiger partial charge in [-0.2, -0.15) is 0 Å². The number of nitrogens with one attached hydrogen (secondary N) is 1. The zero-order valence-electron chi connectivity index (χ0n) is 11.5. The SMILES string of the molecule is O=S(=O)(NC1C2C3CCC(C3)C12)c1ccc(CO)c(Cl)c1. The monoisotopic (exact) mass is 327 g/mol. The van der Waals surface area contributed by atoms with Crippen LogP contribution < -0.4 is 4.72 Å². The number of aliphatic hydroxyl groups excluding tert-OH is 1. The summed E-state index contributed by atoms with van der Waals surface area (Å²) in [4.78, 5) is 0.182. The van der Waals surface area contributed by atoms with Crippen molar-refractivity contribution in [3.05, 3.63) is 28.8 Å². The maximum atomic E-state index is 12.5. The molecule has 3 aliphatic rings. The molecule has 2 N–H and O–H groups in total. The van der Waals surface area contributed by atoms with E-state index < -0.39 is 10.0 Å². The van der Waals surface area contributed by atoms with Gasteiger partial charge >= 0.3 is 0 Å². The second kappa shape index (κ2) is 4.69. The van der Waals surface area contributed by atoms with Crippen LogP contribution in [-0.2, 0) is 16.6 Å². The fourth-order valence-electron chi connectivity index (χ4n) is 4.55. The van der Waals surface area contributed by atoms with E-state index in [2.05, 4.69) is 4.72 Å². The van der Waals surface area contributed by atoms with Crippen LogP contribution in [0.3, 0.4) is 0 Å². The Morgan fingerprint density at radius 3 is 2.48 bits per heavy atom. The molecule has 0 amide bonds. The van der Waals surface area contributed by atoms with Crippen LogP contribution in [0.4, 0.5) is 0 Å². The fraction of sp³-hybridized carbons (Fsp3) is 0.600. The van der Waals surface area contributed by atoms with Crippen molar-refractivity contribution in [2.75, 3.05) is 0 Å². The lowest BCUT2D eigenvalue weighted by molar-refractivity contribution is 0.282. The third kappa shape index (κ3) is 2.13. The topological polar surface area (TPSA) is 66.4 Å². The van der Waals surface area contributed by atoms with Gasteiger partial charge in [-0.3, -0.25) is 0 Å². The summed E-state index contributed by atoms with van der Waals surface area (Å²) in [6, 6.07) is 4.61. The minimum absolute atomic E-state index is 0.123. The van der Waals surface area contributed by atoms with Crippen LogP contribution in [-0.4, -0.2) is 19.6 Å². The molecule has 1 aromatic carbocycles. The normalized spacial score (nSPS) is 36.8. The molecule has 3 saturated carbocycles. The van der Waals surface area contributed by atoms with Gasteiger partial charge in [0, 0.05) is 11.1 Å². The second-order valence-corrected chi connectivity index (χ2v) is 8.67. The molecule has 0 aliphatic heterocycles. The highest BCUT2D eigenvalue weighted by Crippen LogP contribution is 2.65. The molecule has 0 radical (unpaired) electrons. The lowest BCUT2D eigenvalue weighted by atomic mass is 10.0. The van der Waals surface area contributed by atoms with Gasteiger partial charge in [0.2, 0.25) is 10.0 Å². The molecule has 4 rings (SSSR count). The second-order valence-electron chi connectivity index (χ2n) is 6.55. The molecule has 1 aromatic rings. The van der Waals surface area contributed by atoms with E-state index in [1.165, 1.54) is 31.4 Å². The van der Waals surface area contributed by atoms with E-state index in [1.807, 2.05) is 0 Å². The number of halogens is 1. The van der Waals surface area contributed by atoms with E-state index >= 15 is 0 Å². The summed E-state index contributed by atoms with van der Waals surface area (Å²) in [5.41, 5.74) is 0.539. The lowest BCUT2D eigenvalue weighted by Crippen LogP contribution is -2.30. The highest BCUT2D eigenvalue weighted by atomic mass is 35.5. The van der Waals surface area contributed by atoms with Gasteiger partial charge in [0.05, 0.1) is 11.5 Å². The average Bonchev–Trinajstić information content (AvgIpc) is 2.85. The largest absolute Gasteiger partial charge is 0.392 e. The van der Waals surface area contributed by atoms with Crippen molar-refractivity contribution in [3.63, 3.8) is 0 Å². The van der Waals surface area contributed by atoms with Crippen LogP contribution in [0.2, 0.25) is 5.02 Å². The van der Waals surface area contributed by atoms with Crippen molar-refractivity contribution in [3.8, 4) is 0 Å². The molecule has 0 heterocycles. The summed E-state index contributed by atoms with van der Waals surface area (Å²) in [6.07, 6.45) is 3.83. The van der Waals surface area contributed by atoms with Gasteiger partial charge in [-0.05, 0) is 60.6 Å². The van der Waals surface area contributed by atoms with E-state index in [1.54, 1.807) is 6.07 Å². The van der Waals surface area contributed by atoms with Gasteiger partial charge < -0.3 is 5.11 Å². The van der Waals surface area contributed by atoms with Crippen LogP contribution in [0.1, 0.15) is 24.8 Å². The Labute approximate surface area is 129 Å². The predicted octanol–water partition coefficient (Wildman–Crippen LogP) is 2.16. The number of hydrogen-bond acceptors (Lipinski definition) is 3. The zero-order valence-corrected chi connectivity index (χ0v) is 13.1. The van der Waals surface area contributed by atoms with Crippen molar-refractivity contribution >= 4 is 21.6 Å². The highest BCUT2D eigenvalue weighted by molar-refractivity contribution is 7.89.